The number of rotatable bonds is 7. The number of aromatic amines is 1. The number of carbonyl (C=O) groups excluding carboxylic acids is 3. The number of aliphatic hydroxyl groups is 2. The summed E-state index contributed by atoms with van der Waals surface area (Å²) in [5.41, 5.74) is 3.85. The predicted molar refractivity (Wildman–Crippen MR) is 265 cm³/mol. The molecule has 0 unspecified atom stereocenters. The van der Waals surface area contributed by atoms with Gasteiger partial charge in [-0.25, -0.2) is 0 Å². The second kappa shape index (κ2) is 20.6. The van der Waals surface area contributed by atoms with E-state index in [0.717, 1.165) is 31.7 Å². The maximum Gasteiger partial charge on any atom is 0.312 e. The molecule has 16 heteroatoms. The van der Waals surface area contributed by atoms with Gasteiger partial charge in [-0.3, -0.25) is 19.3 Å². The van der Waals surface area contributed by atoms with Crippen LogP contribution in [-0.2, 0) is 36.9 Å². The number of hydrogen-bond donors (Lipinski definition) is 6. The number of hydrogen-bond acceptors (Lipinski definition) is 14. The van der Waals surface area contributed by atoms with Crippen LogP contribution in [0.15, 0.2) is 66.6 Å². The van der Waals surface area contributed by atoms with Crippen molar-refractivity contribution in [3.05, 3.63) is 88.9 Å². The smallest absolute Gasteiger partial charge is 0.312 e. The van der Waals surface area contributed by atoms with E-state index in [2.05, 4.69) is 56.3 Å². The second-order valence-electron chi connectivity index (χ2n) is 19.5. The van der Waals surface area contributed by atoms with Crippen LogP contribution in [0.5, 0.6) is 17.2 Å². The molecule has 4 bridgehead atoms. The SMILES string of the molecule is CO[C@H]1/C=C/O[C@@]2(C)Oc3c(C)c(O)c4c(O)c(c5c(CN(C)Cc6ccc(N7CCN(C)CC7)cc6)c[nH]c5c4c3C2=O)NC(=O)/C(C)=C\C=C\[C@H](C)[C@H](O)[C@@H](C)[C@@H](O)[C@@H](C)[C@H](OC(C)=O)[C@@H]1C. The number of carbonyl (C=O) groups is 3. The lowest BCUT2D eigenvalue weighted by Gasteiger charge is -2.38. The molecule has 0 saturated carbocycles. The molecule has 1 fully saturated rings. The minimum Gasteiger partial charge on any atom is -0.507 e. The van der Waals surface area contributed by atoms with E-state index in [1.807, 2.05) is 7.05 Å². The van der Waals surface area contributed by atoms with Crippen LogP contribution in [0.1, 0.15) is 75.5 Å². The summed E-state index contributed by atoms with van der Waals surface area (Å²) in [5, 5.41) is 50.8. The Morgan fingerprint density at radius 3 is 2.25 bits per heavy atom. The van der Waals surface area contributed by atoms with Gasteiger partial charge in [0.05, 0.1) is 46.7 Å². The first-order valence-corrected chi connectivity index (χ1v) is 23.7. The number of nitrogens with one attached hydrogen (secondary N) is 2. The highest BCUT2D eigenvalue weighted by molar-refractivity contribution is 6.29. The summed E-state index contributed by atoms with van der Waals surface area (Å²) >= 11 is 0. The van der Waals surface area contributed by atoms with Crippen molar-refractivity contribution in [3.63, 3.8) is 0 Å². The van der Waals surface area contributed by atoms with Crippen LogP contribution in [-0.4, -0.2) is 130 Å². The molecule has 3 aromatic carbocycles. The molecule has 3 aliphatic heterocycles. The number of phenolic OH excluding ortho intramolecular Hbond substituents is 2. The Bertz CT molecular complexity index is 2670. The zero-order chi connectivity index (χ0) is 50.2. The lowest BCUT2D eigenvalue weighted by Crippen LogP contribution is -2.46. The molecule has 7 rings (SSSR count). The van der Waals surface area contributed by atoms with Gasteiger partial charge in [-0.05, 0) is 57.3 Å². The number of ketones is 1. The van der Waals surface area contributed by atoms with E-state index < -0.39 is 77.3 Å². The Morgan fingerprint density at radius 2 is 1.59 bits per heavy atom. The van der Waals surface area contributed by atoms with E-state index in [1.165, 1.54) is 32.9 Å². The molecular formula is C53H69N5O11. The Kier molecular flexibility index (Phi) is 15.2. The lowest BCUT2D eigenvalue weighted by molar-refractivity contribution is -0.160. The van der Waals surface area contributed by atoms with Crippen molar-refractivity contribution in [2.24, 2.45) is 23.7 Å². The third-order valence-electron chi connectivity index (χ3n) is 14.4. The number of likely N-dealkylation sites (N-methyl/N-ethyl adjacent to an activating group) is 1. The zero-order valence-corrected chi connectivity index (χ0v) is 41.6. The highest BCUT2D eigenvalue weighted by Gasteiger charge is 2.49. The molecule has 0 spiro atoms. The van der Waals surface area contributed by atoms with Crippen molar-refractivity contribution in [3.8, 4) is 17.2 Å². The van der Waals surface area contributed by atoms with Gasteiger partial charge >= 0.3 is 11.8 Å². The number of aromatic nitrogens is 1. The number of esters is 1. The van der Waals surface area contributed by atoms with Gasteiger partial charge in [0, 0.05) is 118 Å². The van der Waals surface area contributed by atoms with Gasteiger partial charge in [0.1, 0.15) is 17.6 Å². The van der Waals surface area contributed by atoms with E-state index in [0.29, 0.717) is 29.6 Å². The minimum absolute atomic E-state index is 0.0327. The molecule has 4 heterocycles. The van der Waals surface area contributed by atoms with Crippen LogP contribution < -0.4 is 15.0 Å². The number of piperazine rings is 1. The molecule has 1 saturated heterocycles. The van der Waals surface area contributed by atoms with Crippen LogP contribution in [0.2, 0.25) is 0 Å². The molecule has 1 amide bonds. The van der Waals surface area contributed by atoms with E-state index in [4.69, 9.17) is 18.9 Å². The third kappa shape index (κ3) is 10.1. The largest absolute Gasteiger partial charge is 0.507 e. The number of nitrogens with zero attached hydrogens (tertiary/aromatic N) is 3. The normalized spacial score (nSPS) is 29.2. The van der Waals surface area contributed by atoms with Gasteiger partial charge in [-0.1, -0.05) is 58.1 Å². The molecule has 9 atom stereocenters. The minimum atomic E-state index is -1.96. The van der Waals surface area contributed by atoms with Crippen molar-refractivity contribution < 1.29 is 53.8 Å². The highest BCUT2D eigenvalue weighted by atomic mass is 16.7. The summed E-state index contributed by atoms with van der Waals surface area (Å²) in [7, 11) is 5.58. The average Bonchev–Trinajstić information content (AvgIpc) is 3.85. The van der Waals surface area contributed by atoms with Crippen molar-refractivity contribution >= 4 is 50.7 Å². The van der Waals surface area contributed by atoms with Gasteiger partial charge in [-0.15, -0.1) is 0 Å². The van der Waals surface area contributed by atoms with E-state index in [1.54, 1.807) is 72.0 Å². The lowest BCUT2D eigenvalue weighted by atomic mass is 9.78. The standard InChI is InChI=1S/C53H69N5O11/c1-28-13-12-14-29(2)52(65)55-44-39-36(27-57(10)26-35-15-17-37(18-16-35)58-22-20-56(9)21-23-58)25-54-43(39)40-41(48(44)63)47(62)33(6)50-42(40)51(64)53(8,69-50)67-24-19-38(66-11)30(3)49(68-34(7)59)32(5)46(61)31(4)45(28)60/h12-19,24-25,28,30-32,38,45-46,49,54,60-63H,20-23,26-27H2,1-11H3,(H,55,65)/b13-12+,24-19+,29-14-/t28-,30+,31+,32+,38-,45-,46+,49+,53-/m0/s1. The van der Waals surface area contributed by atoms with Crippen molar-refractivity contribution in [1.29, 1.82) is 0 Å². The molecule has 4 aromatic rings. The van der Waals surface area contributed by atoms with Crippen LogP contribution in [0.3, 0.4) is 0 Å². The number of allylic oxidation sites excluding steroid dienone is 2. The Balaban J connectivity index is 1.33. The number of benzene rings is 3. The topological polar surface area (TPSA) is 207 Å². The number of anilines is 2. The predicted octanol–water partition coefficient (Wildman–Crippen LogP) is 6.91. The Hall–Kier alpha value is -5.91. The summed E-state index contributed by atoms with van der Waals surface area (Å²) in [6.07, 6.45) is 5.76. The van der Waals surface area contributed by atoms with Gasteiger partial charge in [0.2, 0.25) is 0 Å². The number of methoxy groups -OCH3 is 1. The Morgan fingerprint density at radius 1 is 0.913 bits per heavy atom. The monoisotopic (exact) mass is 951 g/mol. The molecule has 6 N–H and O–H groups in total. The number of aliphatic hydroxyl groups excluding tert-OH is 2. The van der Waals surface area contributed by atoms with Crippen LogP contribution in [0, 0.1) is 30.6 Å². The summed E-state index contributed by atoms with van der Waals surface area (Å²) in [5.74, 6) is -6.83. The molecule has 0 radical (unpaired) electrons. The summed E-state index contributed by atoms with van der Waals surface area (Å²) in [4.78, 5) is 51.6. The summed E-state index contributed by atoms with van der Waals surface area (Å²) in [6, 6.07) is 8.54. The number of H-pyrrole nitrogens is 1. The second-order valence-corrected chi connectivity index (χ2v) is 19.5. The van der Waals surface area contributed by atoms with Gasteiger partial charge in [-0.2, -0.15) is 0 Å². The molecule has 16 nitrogen and oxygen atoms in total. The fourth-order valence-corrected chi connectivity index (χ4v) is 10.1. The maximum atomic E-state index is 14.8. The van der Waals surface area contributed by atoms with Crippen LogP contribution in [0.4, 0.5) is 11.4 Å². The van der Waals surface area contributed by atoms with Gasteiger partial charge in [0.25, 0.3) is 11.7 Å². The van der Waals surface area contributed by atoms with Crippen molar-refractivity contribution in [2.45, 2.75) is 98.7 Å². The van der Waals surface area contributed by atoms with Crippen LogP contribution >= 0.6 is 0 Å². The number of amides is 1. The molecular weight excluding hydrogens is 883 g/mol. The quantitative estimate of drug-likeness (QED) is 0.0823. The number of Topliss-reactive ketones (excluding diaryl/α,β-unsaturated/α-hetero) is 1. The number of aromatic hydroxyl groups is 2. The number of phenols is 2. The number of fused-ring (bicyclic) bond motifs is 1. The van der Waals surface area contributed by atoms with Crippen molar-refractivity contribution in [2.75, 3.05) is 57.6 Å². The third-order valence-corrected chi connectivity index (χ3v) is 14.4. The first kappa shape index (κ1) is 51.0. The van der Waals surface area contributed by atoms with Gasteiger partial charge < -0.3 is 59.5 Å². The van der Waals surface area contributed by atoms with E-state index >= 15 is 0 Å². The highest BCUT2D eigenvalue weighted by Crippen LogP contribution is 2.54. The fourth-order valence-electron chi connectivity index (χ4n) is 10.1. The number of ether oxygens (including phenoxy) is 4. The molecule has 372 valence electrons. The fraction of sp³-hybridized carbons (Fsp3) is 0.491. The molecule has 1 aromatic heterocycles. The summed E-state index contributed by atoms with van der Waals surface area (Å²) in [6.45, 7) is 17.8. The maximum absolute atomic E-state index is 14.8. The molecule has 0 aliphatic carbocycles. The average molecular weight is 952 g/mol. The van der Waals surface area contributed by atoms with E-state index in [-0.39, 0.29) is 44.7 Å². The van der Waals surface area contributed by atoms with Crippen molar-refractivity contribution in [1.82, 2.24) is 14.8 Å². The molecule has 3 aliphatic rings. The first-order valence-electron chi connectivity index (χ1n) is 23.7. The van der Waals surface area contributed by atoms with Gasteiger partial charge in [0.15, 0.2) is 5.75 Å². The van der Waals surface area contributed by atoms with Crippen LogP contribution in [0.25, 0.3) is 21.7 Å². The first-order chi connectivity index (χ1) is 32.7. The van der Waals surface area contributed by atoms with E-state index in [9.17, 15) is 34.8 Å². The molecule has 69 heavy (non-hydrogen) atoms. The zero-order valence-electron chi connectivity index (χ0n) is 41.6. The Labute approximate surface area is 404 Å². The summed E-state index contributed by atoms with van der Waals surface area (Å²) < 4.78 is 24.1.